The van der Waals surface area contributed by atoms with Crippen molar-refractivity contribution in [2.45, 2.75) is 333 Å². The molecule has 32 nitrogen and oxygen atoms in total. The average Bonchev–Trinajstić information content (AvgIpc) is 1.61. The van der Waals surface area contributed by atoms with Gasteiger partial charge < -0.3 is 68.9 Å². The smallest absolute Gasteiger partial charge is 1.00 e. The predicted octanol–water partition coefficient (Wildman–Crippen LogP) is 17.6. The summed E-state index contributed by atoms with van der Waals surface area (Å²) < 4.78 is 84.5. The van der Waals surface area contributed by atoms with Crippen molar-refractivity contribution < 1.29 is 158 Å². The fraction of sp³-hybridized carbons (Fsp3) is 0.600. The standard InChI is InChI=1S/C22H25ClN2O4.C17H17ClN2O2.C16H24ClNO4.C14H22ClNO3.C12H19NO3.C8H16ClO5P.C8H5NO2.C2HF3O.CH2Cl2.B.Na.H/c1-22(2,3)29-21(28)25-14-8-9-15(25)11-13(10-14)18(23)12-24-19(26)16-6-4-5-7-17(16)20(24)27;18-15(10-7-11-5-6-12(8-10)19-11)9-20-16(21)13-3-1-2-4-14(13)17(20)22;1-5-21-14(19)13(17)10-8-11-6-7-12(9-10)18(11)15(20)22-16(2,3)4;1-14(2,3)19-13(18)16-10-4-5-11(16)7-9(6-10)12(15)8-17;1-12(2,3)16-11(15)13-8-4-5-9(13)7-10(14)6-8;1-4-12-8(10)7(9)15(11,13-5-2)14-6-3;10-7-5-3-1-2-4-6(5)8(11)9-7;3-2(4,5)1-6;2-1-3;;;/h4-7,14-15H,8-12H2,1-3H3;1-4,11-12,19H,5-9H2;11-12H,5-9H2,1-4H3;10-11,17H,4-8H2,1-3H3;8-9H,4-7H2,1-3H3;7H,4-6H2,1-3H3;1-4H,(H,9,10,11);1H;1H2;;;/q;;;;;;;;;;+1;-1. The van der Waals surface area contributed by atoms with E-state index in [0.717, 1.165) is 93.8 Å². The number of benzene rings is 3. The number of ether oxygens (including phenoxy) is 6. The van der Waals surface area contributed by atoms with Crippen molar-refractivity contribution in [3.8, 4) is 0 Å². The average molecular weight is 2200 g/mol. The van der Waals surface area contributed by atoms with Crippen LogP contribution in [0.4, 0.5) is 32.3 Å². The molecule has 0 aliphatic carbocycles. The van der Waals surface area contributed by atoms with Crippen LogP contribution < -0.4 is 40.2 Å². The molecule has 795 valence electrons. The molecular weight excluding hydrogens is 2070 g/mol. The van der Waals surface area contributed by atoms with Crippen LogP contribution in [-0.4, -0.2) is 272 Å². The van der Waals surface area contributed by atoms with Gasteiger partial charge in [-0.25, -0.2) is 28.8 Å². The number of nitrogens with zero attached hydrogens (tertiary/aromatic N) is 6. The second-order valence-electron chi connectivity index (χ2n) is 39.7. The zero-order chi connectivity index (χ0) is 106. The molecule has 3 N–H and O–H groups in total. The fourth-order valence-electron chi connectivity index (χ4n) is 18.9. The van der Waals surface area contributed by atoms with E-state index in [9.17, 15) is 80.1 Å². The van der Waals surface area contributed by atoms with Crippen molar-refractivity contribution in [2.24, 2.45) is 0 Å². The molecule has 0 aromatic heterocycles. The molecule has 3 radical (unpaired) electrons. The van der Waals surface area contributed by atoms with Crippen LogP contribution in [0.3, 0.4) is 0 Å². The molecule has 3 aromatic carbocycles. The quantitative estimate of drug-likeness (QED) is 0.0197. The predicted molar refractivity (Wildman–Crippen MR) is 540 cm³/mol. The van der Waals surface area contributed by atoms with E-state index >= 15 is 0 Å². The number of Topliss-reactive ketones (excluding diaryl/α,β-unsaturated/α-hetero) is 1. The number of hydrogen-bond donors (Lipinski definition) is 3. The molecule has 10 saturated heterocycles. The zero-order valence-electron chi connectivity index (χ0n) is 86.0. The van der Waals surface area contributed by atoms with Gasteiger partial charge in [0.15, 0.2) is 0 Å². The Balaban J connectivity index is 0.000000299. The Morgan fingerprint density at radius 3 is 0.966 bits per heavy atom. The number of rotatable bonds is 14. The number of carbonyl (C=O) groups excluding carboxylic acids is 14. The van der Waals surface area contributed by atoms with E-state index in [2.05, 4.69) is 15.4 Å². The minimum absolute atomic E-state index is 0. The Morgan fingerprint density at radius 1 is 0.441 bits per heavy atom. The number of esters is 2. The first kappa shape index (κ1) is 126. The summed E-state index contributed by atoms with van der Waals surface area (Å²) in [6.45, 7) is 30.0. The summed E-state index contributed by atoms with van der Waals surface area (Å²) in [6, 6.07) is 22.2. The summed E-state index contributed by atoms with van der Waals surface area (Å²) in [4.78, 5) is 174. The minimum Gasteiger partial charge on any atom is -1.00 e. The van der Waals surface area contributed by atoms with E-state index in [1.165, 1.54) is 28.2 Å². The summed E-state index contributed by atoms with van der Waals surface area (Å²) in [5.41, 5.74) is 5.00. The van der Waals surface area contributed by atoms with Crippen LogP contribution in [0.15, 0.2) is 115 Å². The summed E-state index contributed by atoms with van der Waals surface area (Å²) in [7, 11) is -3.61. The number of imide groups is 3. The summed E-state index contributed by atoms with van der Waals surface area (Å²) in [5, 5.41) is 15.6. The van der Waals surface area contributed by atoms with E-state index in [4.69, 9.17) is 124 Å². The van der Waals surface area contributed by atoms with Gasteiger partial charge >= 0.3 is 79.6 Å². The van der Waals surface area contributed by atoms with Crippen molar-refractivity contribution >= 4 is 181 Å². The summed E-state index contributed by atoms with van der Waals surface area (Å²) >= 11 is 40.5. The molecule has 0 saturated carbocycles. The number of hydrogen-bond acceptors (Lipinski definition) is 25. The van der Waals surface area contributed by atoms with Gasteiger partial charge in [-0.2, -0.15) is 13.2 Å². The fourth-order valence-corrected chi connectivity index (χ4v) is 21.6. The van der Waals surface area contributed by atoms with E-state index in [-0.39, 0.29) is 203 Å². The van der Waals surface area contributed by atoms with Gasteiger partial charge in [0.2, 0.25) is 11.4 Å². The van der Waals surface area contributed by atoms with E-state index in [1.807, 2.05) is 97.8 Å². The summed E-state index contributed by atoms with van der Waals surface area (Å²) in [5.74, 6) is -2.67. The molecule has 11 unspecified atom stereocenters. The minimum atomic E-state index is -4.64. The van der Waals surface area contributed by atoms with Crippen LogP contribution in [0.5, 0.6) is 0 Å². The van der Waals surface area contributed by atoms with Crippen molar-refractivity contribution in [2.75, 3.05) is 51.5 Å². The number of aliphatic hydroxyl groups is 1. The zero-order valence-corrected chi connectivity index (χ0v) is 93.2. The molecular formula is C100H132BCl7F3N8NaO24P. The second kappa shape index (κ2) is 55.9. The molecule has 145 heavy (non-hydrogen) atoms. The third-order valence-corrected chi connectivity index (χ3v) is 29.1. The normalized spacial score (nSPS) is 22.2. The Hall–Kier alpha value is -7.65. The number of alkyl halides is 6. The molecule has 16 rings (SSSR count). The Morgan fingerprint density at radius 2 is 0.703 bits per heavy atom. The third-order valence-electron chi connectivity index (χ3n) is 24.6. The maximum Gasteiger partial charge on any atom is 1.00 e. The van der Waals surface area contributed by atoms with Gasteiger partial charge in [0.05, 0.1) is 84.8 Å². The molecule has 13 aliphatic rings. The maximum atomic E-state index is 12.6. The van der Waals surface area contributed by atoms with Gasteiger partial charge in [-0.15, -0.1) is 23.2 Å². The van der Waals surface area contributed by atoms with Crippen LogP contribution in [0.1, 0.15) is 303 Å². The Bertz CT molecular complexity index is 5160. The molecule has 10 fully saturated rings. The molecule has 0 spiro atoms. The van der Waals surface area contributed by atoms with Crippen LogP contribution in [-0.2, 0) is 61.2 Å². The molecule has 10 amide bonds. The van der Waals surface area contributed by atoms with Crippen molar-refractivity contribution in [1.82, 2.24) is 40.0 Å². The number of aliphatic hydroxyl groups excluding tert-OH is 1. The number of amides is 10. The summed E-state index contributed by atoms with van der Waals surface area (Å²) in [6.07, 6.45) is 10.1. The van der Waals surface area contributed by atoms with Gasteiger partial charge in [0.1, 0.15) is 33.2 Å². The number of nitrogens with one attached hydrogen (secondary N) is 2. The number of halogens is 10. The van der Waals surface area contributed by atoms with Gasteiger partial charge in [0, 0.05) is 96.8 Å². The first-order valence-electron chi connectivity index (χ1n) is 47.7. The van der Waals surface area contributed by atoms with Gasteiger partial charge in [-0.3, -0.25) is 58.0 Å². The first-order chi connectivity index (χ1) is 67.0. The SMILES string of the molecule is CC(C)(C)OC(=O)N1C2CCC1CC(=C(Cl)CN1C(=O)c3ccccc3C1=O)C2.CC(C)(C)OC(=O)N1C2CCC1CC(=C(Cl)CO)C2.CC(C)(C)OC(=O)N1C2CCC1CC(=O)C2.CCOC(=O)C(Cl)=C1CC2CCC(C1)N2C(=O)OC(C)(C)C.CCOC(=O)C(Cl)P(=O)(OCC)OCC.ClCCl.O=C1NC(=O)c2ccccc21.O=C1c2ccccc2C(=O)N1CC(Cl)=C1CC2CCC(C1)N2.O=CC(F)(F)F.[B].[H-].[Na+]. The molecule has 13 aliphatic heterocycles. The van der Waals surface area contributed by atoms with Crippen LogP contribution >= 0.6 is 88.8 Å². The second-order valence-corrected chi connectivity index (χ2v) is 45.1. The topological polar surface area (TPSA) is 394 Å². The molecule has 45 heteroatoms. The third kappa shape index (κ3) is 35.5. The van der Waals surface area contributed by atoms with Crippen LogP contribution in [0, 0.1) is 0 Å². The van der Waals surface area contributed by atoms with Crippen LogP contribution in [0.2, 0.25) is 0 Å². The molecule has 3 aromatic rings. The monoisotopic (exact) mass is 2200 g/mol. The maximum absolute atomic E-state index is 12.6. The van der Waals surface area contributed by atoms with Crippen molar-refractivity contribution in [3.05, 3.63) is 149 Å². The molecule has 13 heterocycles. The van der Waals surface area contributed by atoms with Crippen molar-refractivity contribution in [1.29, 1.82) is 0 Å². The van der Waals surface area contributed by atoms with Gasteiger partial charge in [0.25, 0.3) is 35.4 Å². The Kier molecular flexibility index (Phi) is 48.6. The van der Waals surface area contributed by atoms with Crippen molar-refractivity contribution in [3.63, 3.8) is 0 Å². The number of carbonyl (C=O) groups is 14. The van der Waals surface area contributed by atoms with Gasteiger partial charge in [-0.1, -0.05) is 100.0 Å². The number of fused-ring (bicyclic) bond motifs is 13. The number of piperidine rings is 5. The number of ketones is 1. The number of aldehydes is 1. The van der Waals surface area contributed by atoms with E-state index < -0.39 is 59.5 Å². The molecule has 10 bridgehead atoms. The van der Waals surface area contributed by atoms with Crippen LogP contribution in [0.25, 0.3) is 0 Å². The molecule has 11 atom stereocenters. The largest absolute Gasteiger partial charge is 1.00 e. The Labute approximate surface area is 906 Å². The first-order valence-corrected chi connectivity index (χ1v) is 52.4. The van der Waals surface area contributed by atoms with E-state index in [0.29, 0.717) is 106 Å². The van der Waals surface area contributed by atoms with E-state index in [1.54, 1.807) is 105 Å². The van der Waals surface area contributed by atoms with Gasteiger partial charge in [-0.05, 0) is 279 Å².